The third-order valence-corrected chi connectivity index (χ3v) is 6.51. The van der Waals surface area contributed by atoms with Gasteiger partial charge in [-0.3, -0.25) is 4.79 Å². The van der Waals surface area contributed by atoms with Crippen molar-refractivity contribution in [2.24, 2.45) is 5.92 Å². The lowest BCUT2D eigenvalue weighted by molar-refractivity contribution is 0.154. The van der Waals surface area contributed by atoms with Gasteiger partial charge in [-0.25, -0.2) is 9.67 Å². The fourth-order valence-corrected chi connectivity index (χ4v) is 4.67. The first-order valence-electron chi connectivity index (χ1n) is 10.0. The zero-order valence-electron chi connectivity index (χ0n) is 15.9. The molecule has 8 heteroatoms. The number of nitrogens with zero attached hydrogens (tertiary/aromatic N) is 5. The lowest BCUT2D eigenvalue weighted by Gasteiger charge is -2.34. The average Bonchev–Trinajstić information content (AvgIpc) is 3.12. The Hall–Kier alpha value is -1.67. The Kier molecular flexibility index (Phi) is 5.92. The van der Waals surface area contributed by atoms with Crippen molar-refractivity contribution in [3.63, 3.8) is 0 Å². The predicted molar refractivity (Wildman–Crippen MR) is 109 cm³/mol. The van der Waals surface area contributed by atoms with Crippen molar-refractivity contribution >= 4 is 22.9 Å². The van der Waals surface area contributed by atoms with Gasteiger partial charge in [0.05, 0.1) is 11.8 Å². The fourth-order valence-electron chi connectivity index (χ4n) is 4.13. The highest BCUT2D eigenvalue weighted by Crippen LogP contribution is 2.26. The second-order valence-electron chi connectivity index (χ2n) is 7.54. The molecule has 0 bridgehead atoms. The van der Waals surface area contributed by atoms with Crippen molar-refractivity contribution < 1.29 is 0 Å². The third kappa shape index (κ3) is 4.27. The molecule has 0 saturated carbocycles. The highest BCUT2D eigenvalue weighted by molar-refractivity contribution is 7.98. The Labute approximate surface area is 163 Å². The lowest BCUT2D eigenvalue weighted by atomic mass is 9.93. The number of rotatable bonds is 6. The summed E-state index contributed by atoms with van der Waals surface area (Å²) in [7, 11) is 0. The van der Waals surface area contributed by atoms with Gasteiger partial charge in [-0.2, -0.15) is 11.8 Å². The first kappa shape index (κ1) is 18.7. The van der Waals surface area contributed by atoms with Gasteiger partial charge < -0.3 is 9.88 Å². The van der Waals surface area contributed by atoms with Crippen LogP contribution in [-0.4, -0.2) is 55.2 Å². The van der Waals surface area contributed by atoms with Crippen LogP contribution in [0.2, 0.25) is 0 Å². The van der Waals surface area contributed by atoms with Crippen LogP contribution in [0.25, 0.3) is 11.2 Å². The molecule has 0 radical (unpaired) electrons. The molecule has 1 saturated heterocycles. The van der Waals surface area contributed by atoms with E-state index >= 15 is 0 Å². The number of aromatic nitrogens is 5. The van der Waals surface area contributed by atoms with Gasteiger partial charge in [-0.15, -0.1) is 5.10 Å². The molecule has 2 aromatic rings. The summed E-state index contributed by atoms with van der Waals surface area (Å²) in [6.07, 6.45) is 10.5. The minimum absolute atomic E-state index is 0.180. The van der Waals surface area contributed by atoms with E-state index in [1.54, 1.807) is 11.8 Å². The molecule has 1 fully saturated rings. The zero-order valence-corrected chi connectivity index (χ0v) is 16.7. The summed E-state index contributed by atoms with van der Waals surface area (Å²) in [6.45, 7) is 5.46. The van der Waals surface area contributed by atoms with Crippen LogP contribution in [-0.2, 0) is 5.75 Å². The van der Waals surface area contributed by atoms with Crippen LogP contribution < -0.4 is 5.56 Å². The van der Waals surface area contributed by atoms with Crippen LogP contribution in [0.5, 0.6) is 0 Å². The number of nitrogens with one attached hydrogen (secondary N) is 1. The zero-order chi connectivity index (χ0) is 18.6. The summed E-state index contributed by atoms with van der Waals surface area (Å²) in [4.78, 5) is 22.4. The van der Waals surface area contributed by atoms with E-state index in [4.69, 9.17) is 0 Å². The maximum absolute atomic E-state index is 12.3. The second-order valence-corrected chi connectivity index (χ2v) is 8.81. The number of fused-ring (bicyclic) bond motifs is 1. The van der Waals surface area contributed by atoms with Crippen LogP contribution in [0.1, 0.15) is 50.9 Å². The van der Waals surface area contributed by atoms with E-state index in [2.05, 4.69) is 44.3 Å². The van der Waals surface area contributed by atoms with E-state index in [0.29, 0.717) is 22.7 Å². The van der Waals surface area contributed by atoms with Crippen LogP contribution in [0, 0.1) is 5.92 Å². The number of H-pyrrole nitrogens is 1. The number of likely N-dealkylation sites (tertiary alicyclic amines) is 1. The quantitative estimate of drug-likeness (QED) is 0.767. The Morgan fingerprint density at radius 3 is 2.85 bits per heavy atom. The molecule has 0 aromatic carbocycles. The van der Waals surface area contributed by atoms with Gasteiger partial charge in [0.2, 0.25) is 0 Å². The molecule has 7 nitrogen and oxygen atoms in total. The van der Waals surface area contributed by atoms with E-state index in [9.17, 15) is 4.79 Å². The molecule has 146 valence electrons. The Morgan fingerprint density at radius 2 is 2.11 bits per heavy atom. The molecule has 1 unspecified atom stereocenters. The SMILES string of the molecule is CCSCc1nc2c(nnn2C2CCN(CC3CC=CCC3)CC2)c(=O)[nH]1. The molecule has 1 atom stereocenters. The minimum atomic E-state index is -0.180. The van der Waals surface area contributed by atoms with E-state index in [1.807, 2.05) is 4.68 Å². The maximum atomic E-state index is 12.3. The van der Waals surface area contributed by atoms with Crippen molar-refractivity contribution in [2.45, 2.75) is 50.8 Å². The molecule has 0 amide bonds. The fraction of sp³-hybridized carbons (Fsp3) is 0.684. The molecule has 4 rings (SSSR count). The summed E-state index contributed by atoms with van der Waals surface area (Å²) in [5.74, 6) is 3.22. The monoisotopic (exact) mass is 388 g/mol. The standard InChI is InChI=1S/C19H28N6OS/c1-2-27-13-16-20-18-17(19(26)21-16)22-23-25(18)15-8-10-24(11-9-15)12-14-6-4-3-5-7-14/h3-4,14-15H,2,5-13H2,1H3,(H,20,21,26). The summed E-state index contributed by atoms with van der Waals surface area (Å²) >= 11 is 1.75. The molecule has 2 aromatic heterocycles. The second kappa shape index (κ2) is 8.56. The molecule has 1 aliphatic carbocycles. The highest BCUT2D eigenvalue weighted by atomic mass is 32.2. The van der Waals surface area contributed by atoms with Crippen molar-refractivity contribution in [3.8, 4) is 0 Å². The van der Waals surface area contributed by atoms with E-state index in [-0.39, 0.29) is 11.6 Å². The van der Waals surface area contributed by atoms with Gasteiger partial charge in [0.15, 0.2) is 11.2 Å². The van der Waals surface area contributed by atoms with Crippen LogP contribution in [0.3, 0.4) is 0 Å². The maximum Gasteiger partial charge on any atom is 0.281 e. The summed E-state index contributed by atoms with van der Waals surface area (Å²) in [5, 5.41) is 8.40. The molecule has 1 aliphatic heterocycles. The molecule has 27 heavy (non-hydrogen) atoms. The van der Waals surface area contributed by atoms with Crippen molar-refractivity contribution in [1.82, 2.24) is 29.9 Å². The largest absolute Gasteiger partial charge is 0.308 e. The van der Waals surface area contributed by atoms with Crippen molar-refractivity contribution in [3.05, 3.63) is 28.3 Å². The van der Waals surface area contributed by atoms with Crippen molar-refractivity contribution in [1.29, 1.82) is 0 Å². The Morgan fingerprint density at radius 1 is 1.26 bits per heavy atom. The van der Waals surface area contributed by atoms with Gasteiger partial charge in [-0.05, 0) is 43.8 Å². The minimum Gasteiger partial charge on any atom is -0.308 e. The number of thioether (sulfide) groups is 1. The lowest BCUT2D eigenvalue weighted by Crippen LogP contribution is -2.38. The van der Waals surface area contributed by atoms with Crippen LogP contribution in [0.4, 0.5) is 0 Å². The summed E-state index contributed by atoms with van der Waals surface area (Å²) < 4.78 is 1.89. The van der Waals surface area contributed by atoms with Gasteiger partial charge in [0.1, 0.15) is 5.82 Å². The summed E-state index contributed by atoms with van der Waals surface area (Å²) in [5.41, 5.74) is 0.818. The number of hydrogen-bond acceptors (Lipinski definition) is 6. The van der Waals surface area contributed by atoms with Crippen LogP contribution in [0.15, 0.2) is 16.9 Å². The molecule has 0 spiro atoms. The predicted octanol–water partition coefficient (Wildman–Crippen LogP) is 2.76. The third-order valence-electron chi connectivity index (χ3n) is 5.62. The number of allylic oxidation sites excluding steroid dienone is 2. The van der Waals surface area contributed by atoms with Gasteiger partial charge in [-0.1, -0.05) is 24.3 Å². The molecule has 3 heterocycles. The molecule has 2 aliphatic rings. The smallest absolute Gasteiger partial charge is 0.281 e. The highest BCUT2D eigenvalue weighted by Gasteiger charge is 2.26. The van der Waals surface area contributed by atoms with E-state index < -0.39 is 0 Å². The molecule has 1 N–H and O–H groups in total. The topological polar surface area (TPSA) is 79.7 Å². The Balaban J connectivity index is 1.44. The number of hydrogen-bond donors (Lipinski definition) is 1. The van der Waals surface area contributed by atoms with Crippen molar-refractivity contribution in [2.75, 3.05) is 25.4 Å². The summed E-state index contributed by atoms with van der Waals surface area (Å²) in [6, 6.07) is 0.276. The van der Waals surface area contributed by atoms with E-state index in [0.717, 1.165) is 37.6 Å². The normalized spacial score (nSPS) is 21.9. The Bertz CT molecular complexity index is 851. The van der Waals surface area contributed by atoms with Gasteiger partial charge >= 0.3 is 0 Å². The number of piperidine rings is 1. The first-order valence-corrected chi connectivity index (χ1v) is 11.2. The first-order chi connectivity index (χ1) is 13.2. The van der Waals surface area contributed by atoms with Gasteiger partial charge in [0.25, 0.3) is 5.56 Å². The number of aromatic amines is 1. The average molecular weight is 389 g/mol. The molecular weight excluding hydrogens is 360 g/mol. The van der Waals surface area contributed by atoms with Crippen LogP contribution >= 0.6 is 11.8 Å². The van der Waals surface area contributed by atoms with E-state index in [1.165, 1.54) is 25.8 Å². The molecular formula is C19H28N6OS. The van der Waals surface area contributed by atoms with Gasteiger partial charge in [0, 0.05) is 19.6 Å².